The van der Waals surface area contributed by atoms with Gasteiger partial charge in [-0.05, 0) is 43.9 Å². The maximum Gasteiger partial charge on any atom is 0.393 e. The molecule has 3 amide bonds. The molecule has 1 aromatic carbocycles. The van der Waals surface area contributed by atoms with Crippen LogP contribution in [0, 0.1) is 11.8 Å². The average molecular weight is 508 g/mol. The number of ether oxygens (including phenoxy) is 1. The molecule has 0 spiro atoms. The topological polar surface area (TPSA) is 121 Å². The molecule has 12 heteroatoms. The minimum atomic E-state index is -4.61. The van der Waals surface area contributed by atoms with E-state index in [2.05, 4.69) is 15.6 Å². The number of alkyl halides is 3. The predicted molar refractivity (Wildman–Crippen MR) is 122 cm³/mol. The number of piperidine rings is 1. The van der Waals surface area contributed by atoms with Gasteiger partial charge in [0.2, 0.25) is 11.8 Å². The van der Waals surface area contributed by atoms with Gasteiger partial charge < -0.3 is 30.0 Å². The molecule has 3 heterocycles. The largest absolute Gasteiger partial charge is 0.496 e. The van der Waals surface area contributed by atoms with Crippen molar-refractivity contribution in [1.29, 1.82) is 0 Å². The van der Waals surface area contributed by atoms with E-state index >= 15 is 0 Å². The third-order valence-electron chi connectivity index (χ3n) is 6.83. The molecule has 194 valence electrons. The van der Waals surface area contributed by atoms with E-state index in [0.717, 1.165) is 11.3 Å². The fourth-order valence-corrected chi connectivity index (χ4v) is 4.92. The number of amides is 3. The van der Waals surface area contributed by atoms with Crippen LogP contribution in [-0.4, -0.2) is 72.4 Å². The highest BCUT2D eigenvalue weighted by molar-refractivity contribution is 6.02. The molecule has 4 atom stereocenters. The van der Waals surface area contributed by atoms with Crippen molar-refractivity contribution in [2.24, 2.45) is 11.8 Å². The van der Waals surface area contributed by atoms with Crippen molar-refractivity contribution in [3.05, 3.63) is 30.0 Å². The van der Waals surface area contributed by atoms with Crippen LogP contribution >= 0.6 is 0 Å². The molecule has 0 aliphatic carbocycles. The summed E-state index contributed by atoms with van der Waals surface area (Å²) in [4.78, 5) is 53.8. The molecular formula is C24H27F3N4O5. The number of hydrogen-bond acceptors (Lipinski definition) is 5. The molecule has 2 saturated heterocycles. The number of carbonyl (C=O) groups is 4. The normalized spacial score (nSPS) is 23.3. The van der Waals surface area contributed by atoms with E-state index in [1.807, 2.05) is 0 Å². The Balaban J connectivity index is 1.55. The van der Waals surface area contributed by atoms with Gasteiger partial charge in [0.05, 0.1) is 19.1 Å². The van der Waals surface area contributed by atoms with Crippen LogP contribution in [0.1, 0.15) is 36.2 Å². The lowest BCUT2D eigenvalue weighted by Gasteiger charge is -2.27. The summed E-state index contributed by atoms with van der Waals surface area (Å²) in [6.07, 6.45) is -3.47. The minimum Gasteiger partial charge on any atom is -0.496 e. The highest BCUT2D eigenvalue weighted by Gasteiger charge is 2.51. The number of methoxy groups -OCH3 is 1. The van der Waals surface area contributed by atoms with Crippen LogP contribution in [0.15, 0.2) is 24.3 Å². The SMILES string of the molecule is COc1cccc2[nH]c(C(=O)N3C[C@H](C(F)(F)F)C[C@H]3C(=O)N[C@H](C=O)C[C@@H]3CCCNC3=O)cc12. The highest BCUT2D eigenvalue weighted by atomic mass is 19.4. The predicted octanol–water partition coefficient (Wildman–Crippen LogP) is 2.17. The van der Waals surface area contributed by atoms with Crippen LogP contribution in [0.25, 0.3) is 10.9 Å². The van der Waals surface area contributed by atoms with E-state index < -0.39 is 54.9 Å². The van der Waals surface area contributed by atoms with Gasteiger partial charge in [0.25, 0.3) is 5.91 Å². The first-order valence-electron chi connectivity index (χ1n) is 11.7. The summed E-state index contributed by atoms with van der Waals surface area (Å²) < 4.78 is 46.0. The Morgan fingerprint density at radius 3 is 2.78 bits per heavy atom. The average Bonchev–Trinajstić information content (AvgIpc) is 3.49. The Morgan fingerprint density at radius 2 is 2.11 bits per heavy atom. The van der Waals surface area contributed by atoms with Crippen LogP contribution in [-0.2, 0) is 14.4 Å². The molecule has 0 unspecified atom stereocenters. The number of aromatic nitrogens is 1. The number of carbonyl (C=O) groups excluding carboxylic acids is 4. The van der Waals surface area contributed by atoms with E-state index in [1.165, 1.54) is 13.2 Å². The number of halogens is 3. The molecule has 9 nitrogen and oxygen atoms in total. The number of aldehydes is 1. The fraction of sp³-hybridized carbons (Fsp3) is 0.500. The third-order valence-corrected chi connectivity index (χ3v) is 6.83. The van der Waals surface area contributed by atoms with Crippen molar-refractivity contribution in [3.8, 4) is 5.75 Å². The summed E-state index contributed by atoms with van der Waals surface area (Å²) in [5.41, 5.74) is 0.568. The van der Waals surface area contributed by atoms with Gasteiger partial charge in [-0.1, -0.05) is 6.07 Å². The van der Waals surface area contributed by atoms with E-state index in [1.54, 1.807) is 18.2 Å². The summed E-state index contributed by atoms with van der Waals surface area (Å²) in [7, 11) is 1.46. The molecule has 4 rings (SSSR count). The molecular weight excluding hydrogens is 481 g/mol. The number of rotatable bonds is 7. The first kappa shape index (κ1) is 25.5. The lowest BCUT2D eigenvalue weighted by molar-refractivity contribution is -0.170. The Labute approximate surface area is 204 Å². The van der Waals surface area contributed by atoms with Gasteiger partial charge in [-0.2, -0.15) is 13.2 Å². The Bertz CT molecular complexity index is 1160. The number of nitrogens with zero attached hydrogens (tertiary/aromatic N) is 1. The van der Waals surface area contributed by atoms with Gasteiger partial charge >= 0.3 is 6.18 Å². The van der Waals surface area contributed by atoms with Crippen molar-refractivity contribution in [2.75, 3.05) is 20.2 Å². The van der Waals surface area contributed by atoms with Crippen molar-refractivity contribution < 1.29 is 37.1 Å². The number of nitrogens with one attached hydrogen (secondary N) is 3. The zero-order valence-corrected chi connectivity index (χ0v) is 19.6. The minimum absolute atomic E-state index is 0.0148. The quantitative estimate of drug-likeness (QED) is 0.495. The van der Waals surface area contributed by atoms with Gasteiger partial charge in [-0.3, -0.25) is 14.4 Å². The molecule has 2 aliphatic rings. The Hall–Kier alpha value is -3.57. The zero-order valence-electron chi connectivity index (χ0n) is 19.6. The zero-order chi connectivity index (χ0) is 26.0. The van der Waals surface area contributed by atoms with Crippen molar-refractivity contribution in [3.63, 3.8) is 0 Å². The first-order valence-corrected chi connectivity index (χ1v) is 11.7. The second-order valence-corrected chi connectivity index (χ2v) is 9.17. The lowest BCUT2D eigenvalue weighted by atomic mass is 9.92. The van der Waals surface area contributed by atoms with Crippen LogP contribution in [0.3, 0.4) is 0 Å². The molecule has 0 saturated carbocycles. The Kier molecular flexibility index (Phi) is 7.23. The standard InChI is InChI=1S/C24H27F3N4O5/c1-36-20-6-2-5-17-16(20)10-18(30-17)23(35)31-11-14(24(25,26)27)9-19(31)22(34)29-15(12-32)8-13-4-3-7-28-21(13)33/h2,5-6,10,12-15,19,30H,3-4,7-9,11H2,1H3,(H,28,33)(H,29,34)/t13-,14+,15-,19-/m0/s1. The van der Waals surface area contributed by atoms with Crippen LogP contribution in [0.5, 0.6) is 5.75 Å². The molecule has 2 aromatic rings. The summed E-state index contributed by atoms with van der Waals surface area (Å²) in [6, 6.07) is 4.05. The molecule has 0 bridgehead atoms. The molecule has 3 N–H and O–H groups in total. The summed E-state index contributed by atoms with van der Waals surface area (Å²) in [5, 5.41) is 5.72. The van der Waals surface area contributed by atoms with Crippen molar-refractivity contribution in [1.82, 2.24) is 20.5 Å². The van der Waals surface area contributed by atoms with Gasteiger partial charge in [-0.25, -0.2) is 0 Å². The lowest BCUT2D eigenvalue weighted by Crippen LogP contribution is -2.50. The Morgan fingerprint density at radius 1 is 1.33 bits per heavy atom. The monoisotopic (exact) mass is 508 g/mol. The van der Waals surface area contributed by atoms with E-state index in [4.69, 9.17) is 4.74 Å². The summed E-state index contributed by atoms with van der Waals surface area (Å²) in [5.74, 6) is -3.76. The van der Waals surface area contributed by atoms with Crippen LogP contribution in [0.4, 0.5) is 13.2 Å². The van der Waals surface area contributed by atoms with Crippen molar-refractivity contribution >= 4 is 34.9 Å². The number of benzene rings is 1. The molecule has 2 fully saturated rings. The van der Waals surface area contributed by atoms with Crippen LogP contribution in [0.2, 0.25) is 0 Å². The van der Waals surface area contributed by atoms with Crippen LogP contribution < -0.4 is 15.4 Å². The maximum atomic E-state index is 13.6. The summed E-state index contributed by atoms with van der Waals surface area (Å²) >= 11 is 0. The van der Waals surface area contributed by atoms with E-state index in [-0.39, 0.29) is 18.0 Å². The smallest absolute Gasteiger partial charge is 0.393 e. The number of hydrogen-bond donors (Lipinski definition) is 3. The number of H-pyrrole nitrogens is 1. The van der Waals surface area contributed by atoms with Gasteiger partial charge in [-0.15, -0.1) is 0 Å². The number of likely N-dealkylation sites (tertiary alicyclic amines) is 1. The third kappa shape index (κ3) is 5.17. The molecule has 0 radical (unpaired) electrons. The number of aromatic amines is 1. The van der Waals surface area contributed by atoms with Gasteiger partial charge in [0.1, 0.15) is 23.8 Å². The second-order valence-electron chi connectivity index (χ2n) is 9.17. The molecule has 36 heavy (non-hydrogen) atoms. The molecule has 2 aliphatic heterocycles. The van der Waals surface area contributed by atoms with E-state index in [0.29, 0.717) is 35.9 Å². The first-order chi connectivity index (χ1) is 17.1. The van der Waals surface area contributed by atoms with E-state index in [9.17, 15) is 32.3 Å². The summed E-state index contributed by atoms with van der Waals surface area (Å²) in [6.45, 7) is -0.158. The highest BCUT2D eigenvalue weighted by Crippen LogP contribution is 2.38. The van der Waals surface area contributed by atoms with Crippen molar-refractivity contribution in [2.45, 2.75) is 43.9 Å². The number of fused-ring (bicyclic) bond motifs is 1. The maximum absolute atomic E-state index is 13.6. The van der Waals surface area contributed by atoms with Gasteiger partial charge in [0.15, 0.2) is 0 Å². The van der Waals surface area contributed by atoms with Gasteiger partial charge in [0, 0.05) is 29.9 Å². The fourth-order valence-electron chi connectivity index (χ4n) is 4.92. The molecule has 1 aromatic heterocycles. The second kappa shape index (κ2) is 10.2.